The van der Waals surface area contributed by atoms with E-state index in [4.69, 9.17) is 8.94 Å². The monoisotopic (exact) mass is 479 g/mol. The highest BCUT2D eigenvalue weighted by molar-refractivity contribution is 5.76. The Bertz CT molecular complexity index is 1140. The minimum atomic E-state index is -0.576. The number of carbonyl (C=O) groups excluding carboxylic acids is 2. The lowest BCUT2D eigenvalue weighted by Crippen LogP contribution is -2.45. The van der Waals surface area contributed by atoms with Crippen molar-refractivity contribution in [2.75, 3.05) is 13.1 Å². The number of fused-ring (bicyclic) bond motifs is 1. The van der Waals surface area contributed by atoms with Crippen molar-refractivity contribution in [3.8, 4) is 0 Å². The SMILES string of the molecule is CC(=O)NC1(c2noc(CCC(=O)N3CCCC(c4nc5ccccc5o4)C3)n2)CCCCCC1. The van der Waals surface area contributed by atoms with Crippen LogP contribution in [0.15, 0.2) is 33.2 Å². The van der Waals surface area contributed by atoms with Gasteiger partial charge >= 0.3 is 0 Å². The van der Waals surface area contributed by atoms with Gasteiger partial charge in [-0.1, -0.05) is 43.0 Å². The van der Waals surface area contributed by atoms with Crippen LogP contribution < -0.4 is 5.32 Å². The second-order valence-electron chi connectivity index (χ2n) is 9.89. The molecule has 1 aromatic carbocycles. The number of hydrogen-bond acceptors (Lipinski definition) is 7. The Morgan fingerprint density at radius 3 is 2.69 bits per heavy atom. The minimum Gasteiger partial charge on any atom is -0.440 e. The Hall–Kier alpha value is -3.23. The first kappa shape index (κ1) is 23.5. The molecule has 1 saturated carbocycles. The van der Waals surface area contributed by atoms with Crippen LogP contribution in [-0.4, -0.2) is 44.9 Å². The Morgan fingerprint density at radius 2 is 1.91 bits per heavy atom. The van der Waals surface area contributed by atoms with Gasteiger partial charge in [-0.25, -0.2) is 4.98 Å². The molecule has 1 saturated heterocycles. The van der Waals surface area contributed by atoms with Crippen LogP contribution >= 0.6 is 0 Å². The zero-order valence-electron chi connectivity index (χ0n) is 20.3. The van der Waals surface area contributed by atoms with Crippen molar-refractivity contribution in [3.05, 3.63) is 41.9 Å². The number of amides is 2. The second-order valence-corrected chi connectivity index (χ2v) is 9.89. The summed E-state index contributed by atoms with van der Waals surface area (Å²) in [6, 6.07) is 7.74. The number of hydrogen-bond donors (Lipinski definition) is 1. The van der Waals surface area contributed by atoms with Crippen LogP contribution in [0.25, 0.3) is 11.1 Å². The van der Waals surface area contributed by atoms with E-state index >= 15 is 0 Å². The van der Waals surface area contributed by atoms with Gasteiger partial charge in [-0.3, -0.25) is 9.59 Å². The maximum Gasteiger partial charge on any atom is 0.227 e. The minimum absolute atomic E-state index is 0.0663. The number of oxazole rings is 1. The lowest BCUT2D eigenvalue weighted by Gasteiger charge is -2.31. The van der Waals surface area contributed by atoms with Crippen molar-refractivity contribution in [2.45, 2.75) is 82.6 Å². The zero-order valence-corrected chi connectivity index (χ0v) is 20.3. The van der Waals surface area contributed by atoms with Crippen LogP contribution in [0, 0.1) is 0 Å². The summed E-state index contributed by atoms with van der Waals surface area (Å²) in [4.78, 5) is 36.1. The molecule has 9 nitrogen and oxygen atoms in total. The van der Waals surface area contributed by atoms with Crippen molar-refractivity contribution in [1.29, 1.82) is 0 Å². The number of para-hydroxylation sites is 2. The maximum atomic E-state index is 13.0. The summed E-state index contributed by atoms with van der Waals surface area (Å²) >= 11 is 0. The molecule has 0 radical (unpaired) electrons. The van der Waals surface area contributed by atoms with Gasteiger partial charge < -0.3 is 19.2 Å². The molecule has 1 aliphatic carbocycles. The van der Waals surface area contributed by atoms with Crippen LogP contribution in [0.4, 0.5) is 0 Å². The van der Waals surface area contributed by atoms with E-state index in [1.54, 1.807) is 0 Å². The van der Waals surface area contributed by atoms with Crippen molar-refractivity contribution in [2.24, 2.45) is 0 Å². The number of nitrogens with one attached hydrogen (secondary N) is 1. The summed E-state index contributed by atoms with van der Waals surface area (Å²) in [6.45, 7) is 2.86. The predicted octanol–water partition coefficient (Wildman–Crippen LogP) is 4.24. The smallest absolute Gasteiger partial charge is 0.227 e. The number of likely N-dealkylation sites (tertiary alicyclic amines) is 1. The van der Waals surface area contributed by atoms with E-state index in [1.807, 2.05) is 29.2 Å². The molecule has 2 amide bonds. The molecule has 1 N–H and O–H groups in total. The number of nitrogens with zero attached hydrogens (tertiary/aromatic N) is 4. The Morgan fingerprint density at radius 1 is 1.11 bits per heavy atom. The van der Waals surface area contributed by atoms with Gasteiger partial charge in [0.1, 0.15) is 11.1 Å². The van der Waals surface area contributed by atoms with Crippen molar-refractivity contribution < 1.29 is 18.5 Å². The van der Waals surface area contributed by atoms with Crippen molar-refractivity contribution >= 4 is 22.9 Å². The van der Waals surface area contributed by atoms with Crippen molar-refractivity contribution in [3.63, 3.8) is 0 Å². The molecule has 0 bridgehead atoms. The van der Waals surface area contributed by atoms with Crippen molar-refractivity contribution in [1.82, 2.24) is 25.3 Å². The number of benzene rings is 1. The third-order valence-electron chi connectivity index (χ3n) is 7.26. The summed E-state index contributed by atoms with van der Waals surface area (Å²) in [5.41, 5.74) is 1.06. The first-order chi connectivity index (χ1) is 17.0. The standard InChI is InChI=1S/C26H33N5O4/c1-18(32)29-26(14-6-2-3-7-15-26)25-28-22(35-30-25)12-13-23(33)31-16-8-9-19(17-31)24-27-20-10-4-5-11-21(20)34-24/h4-5,10-11,19H,2-3,6-9,12-17H2,1H3,(H,29,32). The van der Waals surface area contributed by atoms with Crippen LogP contribution in [-0.2, 0) is 21.5 Å². The summed E-state index contributed by atoms with van der Waals surface area (Å²) in [5, 5.41) is 7.32. The maximum absolute atomic E-state index is 13.0. The molecule has 1 aliphatic heterocycles. The summed E-state index contributed by atoms with van der Waals surface area (Å²) in [7, 11) is 0. The first-order valence-electron chi connectivity index (χ1n) is 12.8. The average Bonchev–Trinajstić information content (AvgIpc) is 3.46. The highest BCUT2D eigenvalue weighted by atomic mass is 16.5. The summed E-state index contributed by atoms with van der Waals surface area (Å²) in [6.07, 6.45) is 8.46. The predicted molar refractivity (Wildman–Crippen MR) is 128 cm³/mol. The summed E-state index contributed by atoms with van der Waals surface area (Å²) in [5.74, 6) is 1.75. The summed E-state index contributed by atoms with van der Waals surface area (Å²) < 4.78 is 11.5. The molecule has 9 heteroatoms. The van der Waals surface area contributed by atoms with Gasteiger partial charge in [0.15, 0.2) is 17.3 Å². The van der Waals surface area contributed by atoms with Crippen LogP contribution in [0.3, 0.4) is 0 Å². The van der Waals surface area contributed by atoms with E-state index < -0.39 is 5.54 Å². The third kappa shape index (κ3) is 5.23. The number of aromatic nitrogens is 3. The molecule has 2 aromatic heterocycles. The topological polar surface area (TPSA) is 114 Å². The fraction of sp³-hybridized carbons (Fsp3) is 0.577. The molecule has 2 aliphatic rings. The number of piperidine rings is 1. The number of aryl methyl sites for hydroxylation is 1. The van der Waals surface area contributed by atoms with E-state index in [0.29, 0.717) is 37.0 Å². The quantitative estimate of drug-likeness (QED) is 0.526. The highest BCUT2D eigenvalue weighted by Gasteiger charge is 2.38. The first-order valence-corrected chi connectivity index (χ1v) is 12.8. The molecule has 0 spiro atoms. The highest BCUT2D eigenvalue weighted by Crippen LogP contribution is 2.35. The van der Waals surface area contributed by atoms with E-state index in [9.17, 15) is 9.59 Å². The van der Waals surface area contributed by atoms with Gasteiger partial charge in [0.2, 0.25) is 17.7 Å². The Balaban J connectivity index is 1.21. The average molecular weight is 480 g/mol. The van der Waals surface area contributed by atoms with E-state index in [-0.39, 0.29) is 17.7 Å². The van der Waals surface area contributed by atoms with Crippen LogP contribution in [0.1, 0.15) is 88.2 Å². The van der Waals surface area contributed by atoms with Gasteiger partial charge in [-0.2, -0.15) is 4.98 Å². The number of carbonyl (C=O) groups is 2. The number of rotatable bonds is 6. The molecule has 186 valence electrons. The molecule has 35 heavy (non-hydrogen) atoms. The van der Waals surface area contributed by atoms with Gasteiger partial charge in [-0.05, 0) is 37.8 Å². The molecular formula is C26H33N5O4. The van der Waals surface area contributed by atoms with E-state index in [0.717, 1.165) is 69.0 Å². The van der Waals surface area contributed by atoms with Crippen LogP contribution in [0.5, 0.6) is 0 Å². The zero-order chi connectivity index (χ0) is 24.3. The molecule has 1 unspecified atom stereocenters. The molecule has 1 atom stereocenters. The molecule has 5 rings (SSSR count). The molecule has 3 heterocycles. The molecule has 2 fully saturated rings. The fourth-order valence-electron chi connectivity index (χ4n) is 5.47. The third-order valence-corrected chi connectivity index (χ3v) is 7.26. The lowest BCUT2D eigenvalue weighted by molar-refractivity contribution is -0.132. The van der Waals surface area contributed by atoms with E-state index in [1.165, 1.54) is 6.92 Å². The van der Waals surface area contributed by atoms with Gasteiger partial charge in [0, 0.05) is 32.9 Å². The fourth-order valence-corrected chi connectivity index (χ4v) is 5.47. The Labute approximate surface area is 204 Å². The second kappa shape index (κ2) is 10.2. The van der Waals surface area contributed by atoms with E-state index in [2.05, 4.69) is 20.4 Å². The molecular weight excluding hydrogens is 446 g/mol. The van der Waals surface area contributed by atoms with Gasteiger partial charge in [0.25, 0.3) is 0 Å². The largest absolute Gasteiger partial charge is 0.440 e. The molecule has 3 aromatic rings. The van der Waals surface area contributed by atoms with Gasteiger partial charge in [-0.15, -0.1) is 0 Å². The van der Waals surface area contributed by atoms with Crippen LogP contribution in [0.2, 0.25) is 0 Å². The normalized spacial score (nSPS) is 20.5. The van der Waals surface area contributed by atoms with Gasteiger partial charge in [0.05, 0.1) is 5.92 Å². The lowest BCUT2D eigenvalue weighted by atomic mass is 9.89. The Kier molecular flexibility index (Phi) is 6.83.